The van der Waals surface area contributed by atoms with Crippen molar-refractivity contribution < 1.29 is 0 Å². The monoisotopic (exact) mass is 1510 g/mol. The lowest BCUT2D eigenvalue weighted by atomic mass is 9.92. The van der Waals surface area contributed by atoms with Crippen LogP contribution >= 0.6 is 22.7 Å². The van der Waals surface area contributed by atoms with Crippen LogP contribution in [0, 0.1) is 0 Å². The number of hydrogen-bond acceptors (Lipinski definition) is 10. The summed E-state index contributed by atoms with van der Waals surface area (Å²) in [5.74, 6) is 0. The first-order valence-corrected chi connectivity index (χ1v) is 40.4. The van der Waals surface area contributed by atoms with Crippen molar-refractivity contribution in [2.45, 2.75) is 0 Å². The van der Waals surface area contributed by atoms with Crippen molar-refractivity contribution in [1.82, 2.24) is 39.9 Å². The van der Waals surface area contributed by atoms with Gasteiger partial charge in [-0.25, -0.2) is 19.9 Å². The second-order valence-electron chi connectivity index (χ2n) is 29.2. The number of hydrogen-bond donors (Lipinski definition) is 0. The van der Waals surface area contributed by atoms with Gasteiger partial charge in [0.15, 0.2) is 0 Å². The molecule has 23 aromatic rings. The molecule has 116 heavy (non-hydrogen) atoms. The van der Waals surface area contributed by atoms with E-state index in [1.165, 1.54) is 94.4 Å². The van der Waals surface area contributed by atoms with Crippen molar-refractivity contribution in [3.05, 3.63) is 389 Å². The average molecular weight is 1510 g/mol. The molecule has 0 atom stereocenters. The van der Waals surface area contributed by atoms with Crippen LogP contribution in [0.5, 0.6) is 0 Å². The van der Waals surface area contributed by atoms with Crippen LogP contribution in [0.15, 0.2) is 389 Å². The van der Waals surface area contributed by atoms with Crippen molar-refractivity contribution in [2.24, 2.45) is 0 Å². The normalized spacial score (nSPS) is 11.6. The summed E-state index contributed by atoms with van der Waals surface area (Å²) in [6, 6.07) is 129. The molecule has 0 spiro atoms. The summed E-state index contributed by atoms with van der Waals surface area (Å²) in [6.07, 6.45) is 7.22. The molecule has 0 bridgehead atoms. The Balaban J connectivity index is 0.000000141. The second kappa shape index (κ2) is 28.7. The van der Waals surface area contributed by atoms with Gasteiger partial charge in [0.25, 0.3) is 0 Å². The predicted octanol–water partition coefficient (Wildman–Crippen LogP) is 28.5. The fourth-order valence-electron chi connectivity index (χ4n) is 16.9. The van der Waals surface area contributed by atoms with Crippen LogP contribution in [-0.2, 0) is 0 Å². The summed E-state index contributed by atoms with van der Waals surface area (Å²) in [6.45, 7) is 0. The number of rotatable bonds is 11. The van der Waals surface area contributed by atoms with Crippen molar-refractivity contribution in [1.29, 1.82) is 0 Å². The summed E-state index contributed by atoms with van der Waals surface area (Å²) in [7, 11) is 0. The van der Waals surface area contributed by atoms with Gasteiger partial charge >= 0.3 is 0 Å². The molecule has 10 heteroatoms. The number of fused-ring (bicyclic) bond motifs is 16. The molecule has 0 aliphatic carbocycles. The maximum Gasteiger partial charge on any atom is 0.0900 e. The van der Waals surface area contributed by atoms with Gasteiger partial charge in [-0.05, 0) is 226 Å². The highest BCUT2D eigenvalue weighted by Gasteiger charge is 2.24. The summed E-state index contributed by atoms with van der Waals surface area (Å²) in [4.78, 5) is 39.5. The zero-order chi connectivity index (χ0) is 76.6. The van der Waals surface area contributed by atoms with E-state index in [4.69, 9.17) is 19.9 Å². The van der Waals surface area contributed by atoms with Gasteiger partial charge in [-0.2, -0.15) is 0 Å². The highest BCUT2D eigenvalue weighted by Crippen LogP contribution is 2.50. The third-order valence-electron chi connectivity index (χ3n) is 22.3. The quantitative estimate of drug-likeness (QED) is 0.118. The number of thiophene rings is 2. The van der Waals surface area contributed by atoms with Crippen molar-refractivity contribution in [3.8, 4) is 124 Å². The Bertz CT molecular complexity index is 7710. The van der Waals surface area contributed by atoms with Gasteiger partial charge in [-0.1, -0.05) is 237 Å². The maximum atomic E-state index is 5.55. The number of benzene rings is 13. The summed E-state index contributed by atoms with van der Waals surface area (Å²) < 4.78 is 4.94. The minimum atomic E-state index is 0.808. The molecule has 540 valence electrons. The minimum absolute atomic E-state index is 0.808. The fraction of sp³-hybridized carbons (Fsp3) is 0. The second-order valence-corrected chi connectivity index (χ2v) is 31.3. The molecule has 0 saturated heterocycles. The molecule has 10 aromatic heterocycles. The highest BCUT2D eigenvalue weighted by atomic mass is 32.1. The van der Waals surface area contributed by atoms with Gasteiger partial charge in [0.05, 0.1) is 77.4 Å². The smallest absolute Gasteiger partial charge is 0.0900 e. The van der Waals surface area contributed by atoms with E-state index in [-0.39, 0.29) is 0 Å². The first kappa shape index (κ1) is 67.9. The Morgan fingerprint density at radius 3 is 1.03 bits per heavy atom. The van der Waals surface area contributed by atoms with E-state index in [0.717, 1.165) is 135 Å². The SMILES string of the molecule is c1ccc(-c2cc(-c3ccc(-c4cccc5nc(-c6cc7ccccc7c7ccccc67)c6sc7ccccc7c6c45)cc3)cc(-c3ccccn3)n2)nc1.c1ccc(-c2cc(-c3cccc(-c4cccc(-c5ccc6nc(-c7cc8ccccc8c8ccccc78)c7sc8ccccc8c7c6c5)c4)c3)cc(-c3ccccn3)n2)nc1. The molecule has 0 aliphatic rings. The fourth-order valence-corrected chi connectivity index (χ4v) is 19.3. The minimum Gasteiger partial charge on any atom is -0.255 e. The Labute approximate surface area is 675 Å². The Kier molecular flexibility index (Phi) is 16.8. The van der Waals surface area contributed by atoms with Crippen molar-refractivity contribution in [2.75, 3.05) is 0 Å². The van der Waals surface area contributed by atoms with Crippen molar-refractivity contribution >= 4 is 128 Å². The molecule has 0 amide bonds. The molecule has 0 unspecified atom stereocenters. The molecule has 23 rings (SSSR count). The lowest BCUT2D eigenvalue weighted by Crippen LogP contribution is -1.94. The molecule has 0 saturated carbocycles. The summed E-state index contributed by atoms with van der Waals surface area (Å²) >= 11 is 3.67. The van der Waals surface area contributed by atoms with Crippen LogP contribution in [0.3, 0.4) is 0 Å². The largest absolute Gasteiger partial charge is 0.255 e. The molecule has 13 aromatic carbocycles. The van der Waals surface area contributed by atoms with Gasteiger partial charge in [0.2, 0.25) is 0 Å². The van der Waals surface area contributed by atoms with E-state index in [1.54, 1.807) is 24.8 Å². The molecule has 10 heterocycles. The number of pyridine rings is 8. The Hall–Kier alpha value is -14.9. The number of nitrogens with zero attached hydrogens (tertiary/aromatic N) is 8. The van der Waals surface area contributed by atoms with Gasteiger partial charge in [0, 0.05) is 77.6 Å². The molecular formula is C106H64N8S2. The standard InChI is InChI=1S/C56H34N4S.C50H30N4S/c1-2-18-42-40(13-1)32-46(44-20-4-3-19-43(42)44)55-56-54(45-21-5-6-24-53(45)61-56)47-31-39(25-26-48(47)60-55)37-16-11-14-35(29-37)36-15-12-17-38(30-36)41-33-51(49-22-7-9-27-57-49)59-52(34-41)50-23-8-10-28-58-50;1-2-13-35-33(12-1)28-40(38-15-4-3-14-37(35)38)49-50-48(39-16-5-6-21-46(39)55-50)47-36(17-11-20-43(47)54-49)32-24-22-31(23-25-32)34-29-44(41-18-7-9-26-51-41)53-45(30-34)42-19-8-10-27-52-42/h1-34H;1-30H. The third kappa shape index (κ3) is 12.1. The molecule has 0 fully saturated rings. The highest BCUT2D eigenvalue weighted by molar-refractivity contribution is 7.27. The van der Waals surface area contributed by atoms with E-state index in [0.29, 0.717) is 0 Å². The Morgan fingerprint density at radius 1 is 0.181 bits per heavy atom. The van der Waals surface area contributed by atoms with Gasteiger partial charge in [-0.15, -0.1) is 22.7 Å². The van der Waals surface area contributed by atoms with E-state index in [9.17, 15) is 0 Å². The third-order valence-corrected chi connectivity index (χ3v) is 24.7. The van der Waals surface area contributed by atoms with Crippen LogP contribution in [0.2, 0.25) is 0 Å². The first-order chi connectivity index (χ1) is 57.5. The topological polar surface area (TPSA) is 103 Å². The summed E-state index contributed by atoms with van der Waals surface area (Å²) in [5.41, 5.74) is 24.1. The van der Waals surface area contributed by atoms with Crippen LogP contribution in [0.1, 0.15) is 0 Å². The van der Waals surface area contributed by atoms with Crippen molar-refractivity contribution in [3.63, 3.8) is 0 Å². The van der Waals surface area contributed by atoms with Gasteiger partial charge in [0.1, 0.15) is 0 Å². The first-order valence-electron chi connectivity index (χ1n) is 38.8. The Morgan fingerprint density at radius 2 is 0.552 bits per heavy atom. The van der Waals surface area contributed by atoms with E-state index in [1.807, 2.05) is 95.5 Å². The maximum absolute atomic E-state index is 5.55. The van der Waals surface area contributed by atoms with Gasteiger partial charge in [-0.3, -0.25) is 19.9 Å². The molecule has 0 radical (unpaired) electrons. The predicted molar refractivity (Wildman–Crippen MR) is 486 cm³/mol. The van der Waals surface area contributed by atoms with E-state index < -0.39 is 0 Å². The summed E-state index contributed by atoms with van der Waals surface area (Å²) in [5, 5.41) is 17.3. The lowest BCUT2D eigenvalue weighted by molar-refractivity contribution is 1.22. The molecule has 8 nitrogen and oxygen atoms in total. The molecular weight excluding hydrogens is 1450 g/mol. The van der Waals surface area contributed by atoms with E-state index in [2.05, 4.69) is 311 Å². The average Bonchev–Trinajstić information content (AvgIpc) is 1.49. The lowest BCUT2D eigenvalue weighted by Gasteiger charge is -2.15. The van der Waals surface area contributed by atoms with E-state index >= 15 is 0 Å². The molecule has 0 N–H and O–H groups in total. The number of aromatic nitrogens is 8. The van der Waals surface area contributed by atoms with Gasteiger partial charge < -0.3 is 0 Å². The van der Waals surface area contributed by atoms with Crippen LogP contribution in [0.25, 0.3) is 229 Å². The van der Waals surface area contributed by atoms with Crippen LogP contribution in [0.4, 0.5) is 0 Å². The zero-order valence-corrected chi connectivity index (χ0v) is 64.0. The zero-order valence-electron chi connectivity index (χ0n) is 62.3. The molecule has 0 aliphatic heterocycles. The van der Waals surface area contributed by atoms with Crippen LogP contribution < -0.4 is 0 Å². The van der Waals surface area contributed by atoms with Crippen LogP contribution in [-0.4, -0.2) is 39.9 Å².